The number of hydrogen-bond acceptors (Lipinski definition) is 8. The number of hydrogen-bond donors (Lipinski definition) is 0. The summed E-state index contributed by atoms with van der Waals surface area (Å²) in [6.45, 7) is 1.76. The first-order valence-corrected chi connectivity index (χ1v) is 12.9. The summed E-state index contributed by atoms with van der Waals surface area (Å²) in [7, 11) is 2.89. The molecule has 2 heterocycles. The van der Waals surface area contributed by atoms with Gasteiger partial charge < -0.3 is 34.1 Å². The third kappa shape index (κ3) is 6.30. The fourth-order valence-electron chi connectivity index (χ4n) is 5.24. The van der Waals surface area contributed by atoms with Gasteiger partial charge in [-0.25, -0.2) is 9.38 Å². The average molecular weight is 595 g/mol. The van der Waals surface area contributed by atoms with Crippen molar-refractivity contribution in [3.05, 3.63) is 77.6 Å². The zero-order chi connectivity index (χ0) is 29.3. The number of carboxylic acids is 1. The number of nitrogens with zero attached hydrogens (tertiary/aromatic N) is 4. The molecule has 0 aromatic heterocycles. The van der Waals surface area contributed by atoms with Crippen LogP contribution in [-0.2, 0) is 11.0 Å². The molecule has 8 nitrogen and oxygen atoms in total. The molecular weight excluding hydrogens is 567 g/mol. The number of anilines is 2. The van der Waals surface area contributed by atoms with E-state index < -0.39 is 36.0 Å². The molecule has 3 aromatic carbocycles. The van der Waals surface area contributed by atoms with Crippen molar-refractivity contribution in [2.75, 3.05) is 50.2 Å². The van der Waals surface area contributed by atoms with E-state index in [0.29, 0.717) is 31.9 Å². The number of rotatable bonds is 6. The van der Waals surface area contributed by atoms with Gasteiger partial charge >= 0.3 is 35.7 Å². The van der Waals surface area contributed by atoms with Crippen LogP contribution in [0.25, 0.3) is 0 Å². The molecule has 2 aliphatic heterocycles. The van der Waals surface area contributed by atoms with E-state index in [-0.39, 0.29) is 58.2 Å². The predicted octanol–water partition coefficient (Wildman–Crippen LogP) is 1.38. The molecule has 0 amide bonds. The fourth-order valence-corrected chi connectivity index (χ4v) is 5.24. The van der Waals surface area contributed by atoms with Gasteiger partial charge in [0.05, 0.1) is 31.5 Å². The Morgan fingerprint density at radius 2 is 1.67 bits per heavy atom. The molecule has 216 valence electrons. The molecule has 0 N–H and O–H groups in total. The van der Waals surface area contributed by atoms with E-state index in [1.165, 1.54) is 36.3 Å². The van der Waals surface area contributed by atoms with Crippen molar-refractivity contribution in [2.45, 2.75) is 18.6 Å². The van der Waals surface area contributed by atoms with Crippen LogP contribution < -0.4 is 53.9 Å². The van der Waals surface area contributed by atoms with E-state index in [1.54, 1.807) is 7.11 Å². The number of carbonyl (C=O) groups excluding carboxylic acids is 1. The van der Waals surface area contributed by atoms with E-state index in [9.17, 15) is 23.1 Å². The van der Waals surface area contributed by atoms with Gasteiger partial charge in [-0.2, -0.15) is 13.2 Å². The number of para-hydroxylation sites is 1. The standard InChI is InChI=1S/C29H28F4N4O4.Na/c1-40-20-6-3-5-19(16-20)35-11-13-36(14-12-35)28-34-27-21(7-4-8-22(27)30)23(17-26(38)39)37(28)24-15-18(29(31,32)33)9-10-25(24)41-2;/h3-10,15-16,23H,11-14,17H2,1-2H3,(H,38,39);/q;+1/p-1. The molecule has 0 saturated carbocycles. The van der Waals surface area contributed by atoms with E-state index >= 15 is 4.39 Å². The number of piperazine rings is 1. The van der Waals surface area contributed by atoms with Gasteiger partial charge in [0, 0.05) is 55.9 Å². The molecule has 0 aliphatic carbocycles. The second kappa shape index (κ2) is 12.8. The maximum Gasteiger partial charge on any atom is 1.00 e. The largest absolute Gasteiger partial charge is 1.00 e. The first-order chi connectivity index (χ1) is 19.6. The average Bonchev–Trinajstić information content (AvgIpc) is 2.96. The molecule has 1 unspecified atom stereocenters. The van der Waals surface area contributed by atoms with Crippen molar-refractivity contribution in [1.82, 2.24) is 4.90 Å². The normalized spacial score (nSPS) is 16.8. The minimum atomic E-state index is -4.68. The van der Waals surface area contributed by atoms with Crippen molar-refractivity contribution in [1.29, 1.82) is 0 Å². The van der Waals surface area contributed by atoms with Gasteiger partial charge in [0.25, 0.3) is 0 Å². The minimum absolute atomic E-state index is 0. The van der Waals surface area contributed by atoms with Crippen LogP contribution in [0.2, 0.25) is 0 Å². The van der Waals surface area contributed by atoms with Crippen LogP contribution in [0.3, 0.4) is 0 Å². The molecule has 5 rings (SSSR count). The zero-order valence-electron chi connectivity index (χ0n) is 23.3. The van der Waals surface area contributed by atoms with E-state index in [0.717, 1.165) is 17.8 Å². The number of carbonyl (C=O) groups is 1. The number of ether oxygens (including phenoxy) is 2. The van der Waals surface area contributed by atoms with Crippen LogP contribution in [0.5, 0.6) is 11.5 Å². The molecule has 0 spiro atoms. The first-order valence-electron chi connectivity index (χ1n) is 12.9. The quantitative estimate of drug-likeness (QED) is 0.315. The number of methoxy groups -OCH3 is 2. The van der Waals surface area contributed by atoms with Gasteiger partial charge in [-0.3, -0.25) is 0 Å². The van der Waals surface area contributed by atoms with Crippen molar-refractivity contribution in [3.8, 4) is 11.5 Å². The summed E-state index contributed by atoms with van der Waals surface area (Å²) in [5.74, 6) is -1.23. The summed E-state index contributed by atoms with van der Waals surface area (Å²) in [6, 6.07) is 13.5. The van der Waals surface area contributed by atoms with Crippen LogP contribution in [-0.4, -0.2) is 57.2 Å². The Balaban J connectivity index is 0.00000405. The predicted molar refractivity (Wildman–Crippen MR) is 143 cm³/mol. The molecule has 13 heteroatoms. The van der Waals surface area contributed by atoms with Crippen LogP contribution in [0.15, 0.2) is 65.7 Å². The second-order valence-electron chi connectivity index (χ2n) is 9.61. The summed E-state index contributed by atoms with van der Waals surface area (Å²) in [5, 5.41) is 11.9. The number of carboxylic acid groups (broad SMARTS) is 1. The molecule has 1 saturated heterocycles. The number of aliphatic carboxylic acids is 1. The molecule has 1 atom stereocenters. The maximum atomic E-state index is 15.1. The molecule has 0 bridgehead atoms. The van der Waals surface area contributed by atoms with Crippen molar-refractivity contribution < 1.29 is 66.5 Å². The number of aliphatic imine (C=N–C) groups is 1. The van der Waals surface area contributed by atoms with Gasteiger partial charge in [0.2, 0.25) is 5.96 Å². The summed E-state index contributed by atoms with van der Waals surface area (Å²) >= 11 is 0. The van der Waals surface area contributed by atoms with Crippen molar-refractivity contribution in [3.63, 3.8) is 0 Å². The monoisotopic (exact) mass is 594 g/mol. The minimum Gasteiger partial charge on any atom is -0.550 e. The third-order valence-corrected chi connectivity index (χ3v) is 7.22. The first kappa shape index (κ1) is 31.5. The Kier molecular flexibility index (Phi) is 9.59. The van der Waals surface area contributed by atoms with Gasteiger partial charge in [-0.05, 0) is 36.4 Å². The summed E-state index contributed by atoms with van der Waals surface area (Å²) in [4.78, 5) is 21.8. The van der Waals surface area contributed by atoms with E-state index in [1.807, 2.05) is 29.2 Å². The molecule has 1 fully saturated rings. The van der Waals surface area contributed by atoms with E-state index in [4.69, 9.17) is 9.47 Å². The topological polar surface area (TPSA) is 80.7 Å². The number of benzene rings is 3. The van der Waals surface area contributed by atoms with E-state index in [2.05, 4.69) is 9.89 Å². The molecule has 0 radical (unpaired) electrons. The van der Waals surface area contributed by atoms with Gasteiger partial charge in [-0.1, -0.05) is 18.2 Å². The number of guanidine groups is 1. The molecule has 3 aromatic rings. The fraction of sp³-hybridized carbons (Fsp3) is 0.310. The van der Waals surface area contributed by atoms with Crippen LogP contribution >= 0.6 is 0 Å². The Hall–Kier alpha value is -3.48. The molecule has 42 heavy (non-hydrogen) atoms. The Morgan fingerprint density at radius 3 is 2.31 bits per heavy atom. The number of alkyl halides is 3. The van der Waals surface area contributed by atoms with Crippen molar-refractivity contribution in [2.24, 2.45) is 4.99 Å². The van der Waals surface area contributed by atoms with Crippen LogP contribution in [0.4, 0.5) is 34.6 Å². The Labute approximate surface area is 262 Å². The number of fused-ring (bicyclic) bond motifs is 1. The molecule has 2 aliphatic rings. The summed E-state index contributed by atoms with van der Waals surface area (Å²) in [5.41, 5.74) is 0.0843. The number of halogens is 4. The third-order valence-electron chi connectivity index (χ3n) is 7.22. The Bertz CT molecular complexity index is 1480. The van der Waals surface area contributed by atoms with Crippen LogP contribution in [0, 0.1) is 5.82 Å². The zero-order valence-corrected chi connectivity index (χ0v) is 25.3. The van der Waals surface area contributed by atoms with Crippen LogP contribution in [0.1, 0.15) is 23.6 Å². The van der Waals surface area contributed by atoms with Gasteiger partial charge in [0.15, 0.2) is 0 Å². The van der Waals surface area contributed by atoms with Gasteiger partial charge in [-0.15, -0.1) is 0 Å². The summed E-state index contributed by atoms with van der Waals surface area (Å²) < 4.78 is 67.3. The van der Waals surface area contributed by atoms with Crippen molar-refractivity contribution >= 4 is 29.0 Å². The Morgan fingerprint density at radius 1 is 0.976 bits per heavy atom. The van der Waals surface area contributed by atoms with Gasteiger partial charge in [0.1, 0.15) is 23.0 Å². The smallest absolute Gasteiger partial charge is 0.550 e. The molecular formula is C29H27F4N4NaO4. The second-order valence-corrected chi connectivity index (χ2v) is 9.61. The SMILES string of the molecule is COc1cccc(N2CCN(C3=Nc4c(F)cccc4C(CC(=O)[O-])N3c3cc(C(F)(F)F)ccc3OC)CC2)c1.[Na+]. The summed E-state index contributed by atoms with van der Waals surface area (Å²) in [6.07, 6.45) is -5.30. The maximum absolute atomic E-state index is 15.1.